The summed E-state index contributed by atoms with van der Waals surface area (Å²) in [5.41, 5.74) is 4.37. The van der Waals surface area contributed by atoms with Crippen LogP contribution in [0.2, 0.25) is 0 Å². The second-order valence-electron chi connectivity index (χ2n) is 12.3. The first-order valence-electron chi connectivity index (χ1n) is 16.4. The van der Waals surface area contributed by atoms with Gasteiger partial charge in [-0.05, 0) is 66.5 Å². The maximum Gasteiger partial charge on any atom is 0.162 e. The number of hydrogen-bond acceptors (Lipinski definition) is 5. The summed E-state index contributed by atoms with van der Waals surface area (Å²) < 4.78 is 8.69. The van der Waals surface area contributed by atoms with Crippen molar-refractivity contribution in [3.05, 3.63) is 90.3 Å². The van der Waals surface area contributed by atoms with Crippen LogP contribution in [0.1, 0.15) is 72.8 Å². The van der Waals surface area contributed by atoms with Gasteiger partial charge in [0.25, 0.3) is 0 Å². The summed E-state index contributed by atoms with van der Waals surface area (Å²) >= 11 is 1.77. The number of aliphatic hydroxyl groups is 1. The van der Waals surface area contributed by atoms with E-state index in [-0.39, 0.29) is 43.5 Å². The van der Waals surface area contributed by atoms with E-state index in [9.17, 15) is 9.90 Å². The molecule has 243 valence electrons. The van der Waals surface area contributed by atoms with Crippen molar-refractivity contribution in [3.63, 3.8) is 0 Å². The van der Waals surface area contributed by atoms with E-state index in [1.54, 1.807) is 11.3 Å². The van der Waals surface area contributed by atoms with E-state index in [0.29, 0.717) is 5.92 Å². The molecule has 4 nitrogen and oxygen atoms in total. The number of benzene rings is 3. The Balaban J connectivity index is 0.000000259. The van der Waals surface area contributed by atoms with Gasteiger partial charge in [0.05, 0.1) is 5.76 Å². The first-order valence-corrected chi connectivity index (χ1v) is 17.2. The third kappa shape index (κ3) is 7.79. The largest absolute Gasteiger partial charge is 0.512 e. The molecule has 46 heavy (non-hydrogen) atoms. The molecule has 1 radical (unpaired) electrons. The van der Waals surface area contributed by atoms with Crippen molar-refractivity contribution in [3.8, 4) is 11.3 Å². The molecule has 6 rings (SSSR count). The molecule has 0 fully saturated rings. The molecule has 3 heterocycles. The Kier molecular flexibility index (Phi) is 12.4. The van der Waals surface area contributed by atoms with Gasteiger partial charge in [-0.15, -0.1) is 23.6 Å². The van der Waals surface area contributed by atoms with E-state index in [1.165, 1.54) is 21.7 Å². The number of allylic oxidation sites excluding steroid dienone is 2. The van der Waals surface area contributed by atoms with E-state index in [1.807, 2.05) is 33.9 Å². The van der Waals surface area contributed by atoms with Gasteiger partial charge in [0, 0.05) is 65.4 Å². The molecule has 0 amide bonds. The van der Waals surface area contributed by atoms with Crippen LogP contribution >= 0.6 is 11.3 Å². The summed E-state index contributed by atoms with van der Waals surface area (Å²) in [5, 5.41) is 14.3. The Morgan fingerprint density at radius 1 is 0.935 bits per heavy atom. The second-order valence-corrected chi connectivity index (χ2v) is 13.4. The standard InChI is InChI=1S/C27H20NOS.C13H24O2.Ir/c1-16(2)11-17-7-8-20-14-24(29-23(20)12-17)21-9-10-28-26-22-13-18-5-3-4-6-19(18)15-25(22)30-27(21)26;1-5-10(6-2)12(14)9-13(15)11(7-3)8-4;/h3-10,12,14-16H,11H2,1-2H3;9-11,14H,5-8H2,1-4H3;/q-1;;/b;12-9-;. The predicted molar refractivity (Wildman–Crippen MR) is 191 cm³/mol. The van der Waals surface area contributed by atoms with Crippen LogP contribution in [0.25, 0.3) is 53.4 Å². The Hall–Kier alpha value is -3.31. The number of aromatic nitrogens is 1. The van der Waals surface area contributed by atoms with Gasteiger partial charge in [-0.2, -0.15) is 11.3 Å². The van der Waals surface area contributed by atoms with Gasteiger partial charge in [-0.25, -0.2) is 0 Å². The fraction of sp³-hybridized carbons (Fsp3) is 0.350. The zero-order valence-corrected chi connectivity index (χ0v) is 30.9. The average molecular weight is 811 g/mol. The Morgan fingerprint density at radius 2 is 1.65 bits per heavy atom. The first kappa shape index (κ1) is 35.5. The molecular formula is C40H44IrNO3S-. The Morgan fingerprint density at radius 3 is 2.35 bits per heavy atom. The summed E-state index contributed by atoms with van der Waals surface area (Å²) in [5.74, 6) is 2.07. The van der Waals surface area contributed by atoms with Crippen molar-refractivity contribution < 1.29 is 34.4 Å². The first-order chi connectivity index (χ1) is 21.8. The quantitative estimate of drug-likeness (QED) is 0.0850. The molecular weight excluding hydrogens is 767 g/mol. The SMILES string of the molecule is CC(C)Cc1ccc2cc(-c3ccnc4c3sc3cc5ccccc5[c-]c34)oc2c1.CCC(CC)C(=O)/C=C(\O)C(CC)CC.[Ir]. The number of fused-ring (bicyclic) bond motifs is 5. The molecule has 0 aliphatic heterocycles. The van der Waals surface area contributed by atoms with Crippen LogP contribution in [0.5, 0.6) is 0 Å². The average Bonchev–Trinajstić information content (AvgIpc) is 3.62. The summed E-state index contributed by atoms with van der Waals surface area (Å²) in [6.07, 6.45) is 7.85. The molecule has 0 aliphatic carbocycles. The summed E-state index contributed by atoms with van der Waals surface area (Å²) in [6.45, 7) is 12.6. The molecule has 0 aliphatic rings. The van der Waals surface area contributed by atoms with Crippen molar-refractivity contribution in [1.29, 1.82) is 0 Å². The van der Waals surface area contributed by atoms with E-state index >= 15 is 0 Å². The monoisotopic (exact) mass is 811 g/mol. The number of carbonyl (C=O) groups excluding carboxylic acids is 1. The second kappa shape index (κ2) is 16.0. The maximum absolute atomic E-state index is 11.7. The van der Waals surface area contributed by atoms with Crippen molar-refractivity contribution >= 4 is 59.2 Å². The van der Waals surface area contributed by atoms with E-state index in [0.717, 1.165) is 75.4 Å². The van der Waals surface area contributed by atoms with Gasteiger partial charge in [0.1, 0.15) is 11.3 Å². The number of furan rings is 1. The molecule has 0 unspecified atom stereocenters. The van der Waals surface area contributed by atoms with E-state index < -0.39 is 0 Å². The topological polar surface area (TPSA) is 63.3 Å². The number of ketones is 1. The van der Waals surface area contributed by atoms with Crippen LogP contribution in [-0.4, -0.2) is 15.9 Å². The molecule has 0 bridgehead atoms. The van der Waals surface area contributed by atoms with Crippen molar-refractivity contribution in [2.24, 2.45) is 17.8 Å². The van der Waals surface area contributed by atoms with E-state index in [2.05, 4.69) is 80.6 Å². The third-order valence-electron chi connectivity index (χ3n) is 8.68. The molecule has 0 saturated heterocycles. The fourth-order valence-electron chi connectivity index (χ4n) is 6.02. The van der Waals surface area contributed by atoms with Crippen molar-refractivity contribution in [1.82, 2.24) is 4.98 Å². The number of thiophene rings is 1. The smallest absolute Gasteiger partial charge is 0.162 e. The van der Waals surface area contributed by atoms with Crippen molar-refractivity contribution in [2.45, 2.75) is 73.6 Å². The minimum absolute atomic E-state index is 0. The Labute approximate surface area is 290 Å². The molecule has 0 atom stereocenters. The maximum atomic E-state index is 11.7. The fourth-order valence-corrected chi connectivity index (χ4v) is 7.21. The molecule has 3 aromatic heterocycles. The van der Waals surface area contributed by atoms with Crippen LogP contribution in [0, 0.1) is 23.8 Å². The van der Waals surface area contributed by atoms with E-state index in [4.69, 9.17) is 9.40 Å². The Bertz CT molecular complexity index is 1960. The van der Waals surface area contributed by atoms with Gasteiger partial charge >= 0.3 is 0 Å². The zero-order chi connectivity index (χ0) is 32.1. The van der Waals surface area contributed by atoms with Gasteiger partial charge < -0.3 is 9.52 Å². The molecule has 0 spiro atoms. The van der Waals surface area contributed by atoms with Crippen molar-refractivity contribution in [2.75, 3.05) is 0 Å². The molecule has 6 heteroatoms. The minimum Gasteiger partial charge on any atom is -0.512 e. The number of pyridine rings is 1. The molecule has 3 aromatic carbocycles. The molecule has 1 N–H and O–H groups in total. The van der Waals surface area contributed by atoms with Crippen LogP contribution in [0.4, 0.5) is 0 Å². The van der Waals surface area contributed by atoms with Gasteiger partial charge in [0.15, 0.2) is 5.78 Å². The number of hydrogen-bond donors (Lipinski definition) is 1. The normalized spacial score (nSPS) is 12.0. The predicted octanol–water partition coefficient (Wildman–Crippen LogP) is 11.9. The molecule has 0 saturated carbocycles. The van der Waals surface area contributed by atoms with Crippen LogP contribution < -0.4 is 0 Å². The van der Waals surface area contributed by atoms with Gasteiger partial charge in [-0.1, -0.05) is 82.6 Å². The van der Waals surface area contributed by atoms with Gasteiger partial charge in [0.2, 0.25) is 0 Å². The number of rotatable bonds is 10. The number of aliphatic hydroxyl groups excluding tert-OH is 1. The van der Waals surface area contributed by atoms with Gasteiger partial charge in [-0.3, -0.25) is 9.78 Å². The minimum atomic E-state index is 0. The summed E-state index contributed by atoms with van der Waals surface area (Å²) in [4.78, 5) is 16.4. The third-order valence-corrected chi connectivity index (χ3v) is 9.84. The number of nitrogens with zero attached hydrogens (tertiary/aromatic N) is 1. The summed E-state index contributed by atoms with van der Waals surface area (Å²) in [6, 6.07) is 25.0. The van der Waals surface area contributed by atoms with Crippen LogP contribution in [0.3, 0.4) is 0 Å². The number of carbonyl (C=O) groups is 1. The molecule has 6 aromatic rings. The summed E-state index contributed by atoms with van der Waals surface area (Å²) in [7, 11) is 0. The van der Waals surface area contributed by atoms with Crippen LogP contribution in [0.15, 0.2) is 83.1 Å². The van der Waals surface area contributed by atoms with Crippen LogP contribution in [-0.2, 0) is 31.3 Å². The zero-order valence-electron chi connectivity index (χ0n) is 27.6.